The first-order chi connectivity index (χ1) is 8.25. The minimum Gasteiger partial charge on any atom is -0.452 e. The van der Waals surface area contributed by atoms with E-state index in [1.165, 1.54) is 16.7 Å². The summed E-state index contributed by atoms with van der Waals surface area (Å²) in [7, 11) is 0. The van der Waals surface area contributed by atoms with Crippen LogP contribution in [0.25, 0.3) is 0 Å². The van der Waals surface area contributed by atoms with Gasteiger partial charge in [0.25, 0.3) is 5.91 Å². The molecule has 0 fully saturated rings. The third-order valence-electron chi connectivity index (χ3n) is 2.94. The maximum Gasteiger partial charge on any atom is 0.259 e. The molecule has 1 aliphatic heterocycles. The predicted molar refractivity (Wildman–Crippen MR) is 66.5 cm³/mol. The van der Waals surface area contributed by atoms with Crippen molar-refractivity contribution in [1.82, 2.24) is 4.90 Å². The number of furan rings is 1. The zero-order chi connectivity index (χ0) is 11.8. The molecule has 1 amide bonds. The predicted octanol–water partition coefficient (Wildman–Crippen LogP) is 3.19. The molecule has 0 aromatic carbocycles. The Labute approximate surface area is 108 Å². The molecule has 0 aliphatic carbocycles. The Bertz CT molecular complexity index is 560. The fourth-order valence-corrected chi connectivity index (χ4v) is 3.12. The Balaban J connectivity index is 1.84. The van der Waals surface area contributed by atoms with Gasteiger partial charge in [-0.25, -0.2) is 0 Å². The van der Waals surface area contributed by atoms with Gasteiger partial charge in [0.15, 0.2) is 0 Å². The van der Waals surface area contributed by atoms with Crippen molar-refractivity contribution in [2.24, 2.45) is 0 Å². The lowest BCUT2D eigenvalue weighted by Gasteiger charge is -2.26. The van der Waals surface area contributed by atoms with Crippen LogP contribution < -0.4 is 0 Å². The third-order valence-corrected chi connectivity index (χ3v) is 4.26. The molecule has 3 nitrogen and oxygen atoms in total. The normalized spacial score (nSPS) is 14.8. The zero-order valence-electron chi connectivity index (χ0n) is 8.98. The largest absolute Gasteiger partial charge is 0.452 e. The van der Waals surface area contributed by atoms with Gasteiger partial charge >= 0.3 is 0 Å². The molecule has 0 N–H and O–H groups in total. The van der Waals surface area contributed by atoms with Crippen LogP contribution in [0, 0.1) is 0 Å². The number of hydrogen-bond acceptors (Lipinski definition) is 3. The van der Waals surface area contributed by atoms with Crippen molar-refractivity contribution in [1.29, 1.82) is 0 Å². The molecular weight excluding hydrogens is 258 g/mol. The molecule has 1 aliphatic rings. The number of amides is 1. The van der Waals surface area contributed by atoms with Gasteiger partial charge in [-0.1, -0.05) is 0 Å². The fourth-order valence-electron chi connectivity index (χ4n) is 2.04. The van der Waals surface area contributed by atoms with E-state index in [0.29, 0.717) is 12.1 Å². The van der Waals surface area contributed by atoms with Crippen molar-refractivity contribution in [3.05, 3.63) is 45.0 Å². The lowest BCUT2D eigenvalue weighted by molar-refractivity contribution is 0.0735. The monoisotopic (exact) mass is 267 g/mol. The van der Waals surface area contributed by atoms with E-state index < -0.39 is 0 Å². The van der Waals surface area contributed by atoms with Crippen LogP contribution in [0.5, 0.6) is 0 Å². The van der Waals surface area contributed by atoms with Gasteiger partial charge in [0.05, 0.1) is 11.8 Å². The fraction of sp³-hybridized carbons (Fsp3) is 0.250. The average molecular weight is 268 g/mol. The smallest absolute Gasteiger partial charge is 0.259 e. The number of halogens is 1. The Morgan fingerprint density at radius 2 is 2.35 bits per heavy atom. The number of nitrogens with zero attached hydrogens (tertiary/aromatic N) is 1. The van der Waals surface area contributed by atoms with Crippen LogP contribution in [0.1, 0.15) is 20.8 Å². The first-order valence-electron chi connectivity index (χ1n) is 5.33. The molecule has 5 heteroatoms. The van der Waals surface area contributed by atoms with E-state index in [0.717, 1.165) is 13.0 Å². The van der Waals surface area contributed by atoms with E-state index in [1.807, 2.05) is 4.90 Å². The number of rotatable bonds is 1. The van der Waals surface area contributed by atoms with Gasteiger partial charge in [0.2, 0.25) is 5.22 Å². The van der Waals surface area contributed by atoms with Crippen LogP contribution in [0.15, 0.2) is 28.2 Å². The minimum absolute atomic E-state index is 0.0550. The van der Waals surface area contributed by atoms with Gasteiger partial charge in [-0.3, -0.25) is 4.79 Å². The van der Waals surface area contributed by atoms with E-state index in [2.05, 4.69) is 11.4 Å². The van der Waals surface area contributed by atoms with Gasteiger partial charge in [-0.2, -0.15) is 0 Å². The van der Waals surface area contributed by atoms with Crippen molar-refractivity contribution in [3.63, 3.8) is 0 Å². The highest BCUT2D eigenvalue weighted by atomic mass is 35.5. The molecule has 0 spiro atoms. The highest BCUT2D eigenvalue weighted by Gasteiger charge is 2.24. The molecule has 0 atom stereocenters. The second-order valence-corrected chi connectivity index (χ2v) is 5.30. The van der Waals surface area contributed by atoms with Crippen LogP contribution in [0.3, 0.4) is 0 Å². The van der Waals surface area contributed by atoms with Crippen molar-refractivity contribution in [3.8, 4) is 0 Å². The second kappa shape index (κ2) is 4.20. The van der Waals surface area contributed by atoms with E-state index in [1.54, 1.807) is 17.4 Å². The minimum atomic E-state index is -0.0550. The molecule has 0 saturated carbocycles. The molecule has 2 aromatic heterocycles. The molecule has 0 saturated heterocycles. The Hall–Kier alpha value is -1.26. The highest BCUT2D eigenvalue weighted by Crippen LogP contribution is 2.26. The van der Waals surface area contributed by atoms with Crippen LogP contribution in [-0.2, 0) is 13.0 Å². The Morgan fingerprint density at radius 1 is 1.47 bits per heavy atom. The summed E-state index contributed by atoms with van der Waals surface area (Å²) in [5, 5.41) is 2.25. The summed E-state index contributed by atoms with van der Waals surface area (Å²) in [5.74, 6) is -0.0550. The van der Waals surface area contributed by atoms with Crippen molar-refractivity contribution >= 4 is 28.8 Å². The SMILES string of the molecule is O=C(c1ccoc1Cl)N1CCc2sccc2C1. The number of carbonyl (C=O) groups excluding carboxylic acids is 1. The molecule has 0 radical (unpaired) electrons. The highest BCUT2D eigenvalue weighted by molar-refractivity contribution is 7.10. The maximum absolute atomic E-state index is 12.2. The summed E-state index contributed by atoms with van der Waals surface area (Å²) in [5.41, 5.74) is 1.69. The van der Waals surface area contributed by atoms with Gasteiger partial charge in [0, 0.05) is 18.0 Å². The van der Waals surface area contributed by atoms with Crippen molar-refractivity contribution in [2.45, 2.75) is 13.0 Å². The molecular formula is C12H10ClNO2S. The first-order valence-corrected chi connectivity index (χ1v) is 6.59. The van der Waals surface area contributed by atoms with Crippen LogP contribution in [-0.4, -0.2) is 17.4 Å². The lowest BCUT2D eigenvalue weighted by atomic mass is 10.1. The first kappa shape index (κ1) is 10.9. The molecule has 88 valence electrons. The lowest BCUT2D eigenvalue weighted by Crippen LogP contribution is -2.35. The van der Waals surface area contributed by atoms with E-state index in [4.69, 9.17) is 16.0 Å². The molecule has 3 rings (SSSR count). The van der Waals surface area contributed by atoms with E-state index in [-0.39, 0.29) is 11.1 Å². The summed E-state index contributed by atoms with van der Waals surface area (Å²) < 4.78 is 4.95. The molecule has 0 bridgehead atoms. The van der Waals surface area contributed by atoms with E-state index in [9.17, 15) is 4.79 Å². The quantitative estimate of drug-likeness (QED) is 0.795. The summed E-state index contributed by atoms with van der Waals surface area (Å²) in [6.45, 7) is 1.41. The third kappa shape index (κ3) is 1.87. The standard InChI is InChI=1S/C12H10ClNO2S/c13-11-9(2-5-16-11)12(15)14-4-1-10-8(7-14)3-6-17-10/h2-3,5-6H,1,4,7H2. The summed E-state index contributed by atoms with van der Waals surface area (Å²) >= 11 is 7.58. The number of hydrogen-bond donors (Lipinski definition) is 0. The molecule has 3 heterocycles. The van der Waals surface area contributed by atoms with Crippen LogP contribution >= 0.6 is 22.9 Å². The maximum atomic E-state index is 12.2. The molecule has 0 unspecified atom stereocenters. The zero-order valence-corrected chi connectivity index (χ0v) is 10.6. The van der Waals surface area contributed by atoms with Crippen LogP contribution in [0.4, 0.5) is 0 Å². The van der Waals surface area contributed by atoms with Gasteiger partial charge in [0.1, 0.15) is 0 Å². The van der Waals surface area contributed by atoms with Gasteiger partial charge in [-0.05, 0) is 41.1 Å². The summed E-state index contributed by atoms with van der Waals surface area (Å²) in [6.07, 6.45) is 2.36. The van der Waals surface area contributed by atoms with Crippen molar-refractivity contribution in [2.75, 3.05) is 6.54 Å². The van der Waals surface area contributed by atoms with Gasteiger partial charge in [-0.15, -0.1) is 11.3 Å². The van der Waals surface area contributed by atoms with E-state index >= 15 is 0 Å². The Morgan fingerprint density at radius 3 is 3.12 bits per heavy atom. The second-order valence-electron chi connectivity index (χ2n) is 3.95. The average Bonchev–Trinajstić information content (AvgIpc) is 2.95. The van der Waals surface area contributed by atoms with Crippen LogP contribution in [0.2, 0.25) is 5.22 Å². The number of carbonyl (C=O) groups is 1. The van der Waals surface area contributed by atoms with Crippen molar-refractivity contribution < 1.29 is 9.21 Å². The molecule has 2 aromatic rings. The van der Waals surface area contributed by atoms with Gasteiger partial charge < -0.3 is 9.32 Å². The topological polar surface area (TPSA) is 33.5 Å². The Kier molecular flexibility index (Phi) is 2.68. The summed E-state index contributed by atoms with van der Waals surface area (Å²) in [4.78, 5) is 15.4. The number of thiophene rings is 1. The summed E-state index contributed by atoms with van der Waals surface area (Å²) in [6, 6.07) is 3.70. The molecule has 17 heavy (non-hydrogen) atoms. The number of fused-ring (bicyclic) bond motifs is 1.